The van der Waals surface area contributed by atoms with Crippen LogP contribution in [0.3, 0.4) is 0 Å². The predicted molar refractivity (Wildman–Crippen MR) is 66.4 cm³/mol. The Morgan fingerprint density at radius 2 is 2.12 bits per heavy atom. The Hall–Kier alpha value is -1.37. The van der Waals surface area contributed by atoms with E-state index >= 15 is 0 Å². The van der Waals surface area contributed by atoms with Crippen molar-refractivity contribution in [3.05, 3.63) is 35.4 Å². The third-order valence-electron chi connectivity index (χ3n) is 3.27. The minimum atomic E-state index is -0.280. The number of nitriles is 1. The summed E-state index contributed by atoms with van der Waals surface area (Å²) in [4.78, 5) is 2.20. The van der Waals surface area contributed by atoms with Crippen molar-refractivity contribution in [3.8, 4) is 6.07 Å². The Bertz CT molecular complexity index is 432. The zero-order chi connectivity index (χ0) is 12.3. The van der Waals surface area contributed by atoms with Gasteiger partial charge < -0.3 is 9.64 Å². The lowest BCUT2D eigenvalue weighted by Gasteiger charge is -2.38. The van der Waals surface area contributed by atoms with Crippen LogP contribution < -0.4 is 0 Å². The fourth-order valence-electron chi connectivity index (χ4n) is 2.19. The Balaban J connectivity index is 1.96. The van der Waals surface area contributed by atoms with Gasteiger partial charge in [-0.05, 0) is 25.1 Å². The summed E-state index contributed by atoms with van der Waals surface area (Å²) in [7, 11) is 2.06. The molecule has 2 rings (SSSR count). The fraction of sp³-hybridized carbons (Fsp3) is 0.500. The molecule has 3 heteroatoms. The highest BCUT2D eigenvalue weighted by Gasteiger charge is 2.39. The zero-order valence-electron chi connectivity index (χ0n) is 10.4. The molecule has 1 aromatic rings. The van der Waals surface area contributed by atoms with Crippen LogP contribution in [-0.4, -0.2) is 31.7 Å². The lowest BCUT2D eigenvalue weighted by atomic mass is 9.87. The second-order valence-corrected chi connectivity index (χ2v) is 4.98. The van der Waals surface area contributed by atoms with Crippen LogP contribution in [0.2, 0.25) is 0 Å². The van der Waals surface area contributed by atoms with Gasteiger partial charge in [0.05, 0.1) is 19.3 Å². The van der Waals surface area contributed by atoms with Crippen LogP contribution in [-0.2, 0) is 11.3 Å². The van der Waals surface area contributed by atoms with E-state index in [0.717, 1.165) is 13.1 Å². The smallest absolute Gasteiger partial charge is 0.116 e. The number of hydrogen-bond acceptors (Lipinski definition) is 3. The number of ether oxygens (including phenoxy) is 1. The van der Waals surface area contributed by atoms with Crippen LogP contribution in [0.4, 0.5) is 0 Å². The van der Waals surface area contributed by atoms with E-state index in [-0.39, 0.29) is 5.41 Å². The van der Waals surface area contributed by atoms with Crippen molar-refractivity contribution >= 4 is 0 Å². The van der Waals surface area contributed by atoms with Crippen molar-refractivity contribution in [1.29, 1.82) is 5.26 Å². The number of nitrogens with zero attached hydrogens (tertiary/aromatic N) is 2. The van der Waals surface area contributed by atoms with Gasteiger partial charge in [0.15, 0.2) is 0 Å². The molecular weight excluding hydrogens is 212 g/mol. The average molecular weight is 230 g/mol. The second kappa shape index (κ2) is 4.87. The molecule has 17 heavy (non-hydrogen) atoms. The fourth-order valence-corrected chi connectivity index (χ4v) is 2.19. The van der Waals surface area contributed by atoms with Gasteiger partial charge in [-0.3, -0.25) is 0 Å². The standard InChI is InChI=1S/C14H18N2O/c1-12-5-3-4-6-13(12)7-16(2)9-14(8-15)10-17-11-14/h3-6H,7,9-11H2,1-2H3. The van der Waals surface area contributed by atoms with Crippen molar-refractivity contribution in [1.82, 2.24) is 4.90 Å². The molecule has 0 atom stereocenters. The highest BCUT2D eigenvalue weighted by atomic mass is 16.5. The van der Waals surface area contributed by atoms with Crippen molar-refractivity contribution in [2.24, 2.45) is 5.41 Å². The molecule has 0 aromatic heterocycles. The topological polar surface area (TPSA) is 36.3 Å². The van der Waals surface area contributed by atoms with E-state index in [9.17, 15) is 0 Å². The molecule has 90 valence electrons. The molecule has 0 amide bonds. The molecule has 0 spiro atoms. The summed E-state index contributed by atoms with van der Waals surface area (Å²) in [6, 6.07) is 10.8. The number of hydrogen-bond donors (Lipinski definition) is 0. The molecule has 1 saturated heterocycles. The highest BCUT2D eigenvalue weighted by molar-refractivity contribution is 5.25. The Morgan fingerprint density at radius 1 is 1.41 bits per heavy atom. The zero-order valence-corrected chi connectivity index (χ0v) is 10.4. The Morgan fingerprint density at radius 3 is 2.65 bits per heavy atom. The van der Waals surface area contributed by atoms with Crippen molar-refractivity contribution in [2.75, 3.05) is 26.8 Å². The van der Waals surface area contributed by atoms with Gasteiger partial charge in [-0.15, -0.1) is 0 Å². The molecule has 1 aromatic carbocycles. The van der Waals surface area contributed by atoms with Gasteiger partial charge in [0.1, 0.15) is 5.41 Å². The van der Waals surface area contributed by atoms with Gasteiger partial charge in [-0.25, -0.2) is 0 Å². The lowest BCUT2D eigenvalue weighted by Crippen LogP contribution is -2.48. The van der Waals surface area contributed by atoms with Crippen molar-refractivity contribution in [2.45, 2.75) is 13.5 Å². The maximum Gasteiger partial charge on any atom is 0.116 e. The largest absolute Gasteiger partial charge is 0.378 e. The molecule has 3 nitrogen and oxygen atoms in total. The number of rotatable bonds is 4. The van der Waals surface area contributed by atoms with E-state index in [2.05, 4.69) is 49.2 Å². The van der Waals surface area contributed by atoms with Gasteiger partial charge in [0, 0.05) is 13.1 Å². The maximum absolute atomic E-state index is 9.15. The molecule has 1 heterocycles. The summed E-state index contributed by atoms with van der Waals surface area (Å²) >= 11 is 0. The minimum absolute atomic E-state index is 0.280. The van der Waals surface area contributed by atoms with Crippen molar-refractivity contribution in [3.63, 3.8) is 0 Å². The third kappa shape index (κ3) is 2.66. The molecule has 0 unspecified atom stereocenters. The van der Waals surface area contributed by atoms with Gasteiger partial charge in [-0.1, -0.05) is 24.3 Å². The van der Waals surface area contributed by atoms with E-state index in [1.54, 1.807) is 0 Å². The molecule has 1 aliphatic rings. The monoisotopic (exact) mass is 230 g/mol. The first kappa shape index (κ1) is 12.1. The first-order valence-corrected chi connectivity index (χ1v) is 5.87. The van der Waals surface area contributed by atoms with Gasteiger partial charge in [-0.2, -0.15) is 5.26 Å². The third-order valence-corrected chi connectivity index (χ3v) is 3.27. The minimum Gasteiger partial charge on any atom is -0.378 e. The van der Waals surface area contributed by atoms with Gasteiger partial charge in [0.25, 0.3) is 0 Å². The summed E-state index contributed by atoms with van der Waals surface area (Å²) in [5.74, 6) is 0. The normalized spacial score (nSPS) is 17.5. The number of aryl methyl sites for hydroxylation is 1. The second-order valence-electron chi connectivity index (χ2n) is 4.98. The van der Waals surface area contributed by atoms with E-state index in [4.69, 9.17) is 10.00 Å². The van der Waals surface area contributed by atoms with E-state index in [1.165, 1.54) is 11.1 Å². The Labute approximate surface area is 103 Å². The molecule has 1 fully saturated rings. The quantitative estimate of drug-likeness (QED) is 0.793. The number of benzene rings is 1. The summed E-state index contributed by atoms with van der Waals surface area (Å²) in [6.45, 7) is 4.92. The summed E-state index contributed by atoms with van der Waals surface area (Å²) < 4.78 is 5.15. The Kier molecular flexibility index (Phi) is 3.46. The highest BCUT2D eigenvalue weighted by Crippen LogP contribution is 2.27. The molecule has 0 bridgehead atoms. The maximum atomic E-state index is 9.15. The summed E-state index contributed by atoms with van der Waals surface area (Å²) in [5.41, 5.74) is 2.34. The van der Waals surface area contributed by atoms with Crippen LogP contribution in [0.5, 0.6) is 0 Å². The first-order valence-electron chi connectivity index (χ1n) is 5.87. The van der Waals surface area contributed by atoms with Crippen LogP contribution in [0, 0.1) is 23.7 Å². The molecule has 0 aliphatic carbocycles. The van der Waals surface area contributed by atoms with Crippen LogP contribution in [0.1, 0.15) is 11.1 Å². The SMILES string of the molecule is Cc1ccccc1CN(C)CC1(C#N)COC1. The van der Waals surface area contributed by atoms with Crippen LogP contribution >= 0.6 is 0 Å². The molecular formula is C14H18N2O. The lowest BCUT2D eigenvalue weighted by molar-refractivity contribution is -0.0895. The average Bonchev–Trinajstić information content (AvgIpc) is 2.27. The molecule has 0 N–H and O–H groups in total. The predicted octanol–water partition coefficient (Wildman–Crippen LogP) is 1.97. The molecule has 0 saturated carbocycles. The van der Waals surface area contributed by atoms with Crippen LogP contribution in [0.15, 0.2) is 24.3 Å². The first-order chi connectivity index (χ1) is 8.15. The van der Waals surface area contributed by atoms with Gasteiger partial charge >= 0.3 is 0 Å². The van der Waals surface area contributed by atoms with Crippen molar-refractivity contribution < 1.29 is 4.74 Å². The van der Waals surface area contributed by atoms with Gasteiger partial charge in [0.2, 0.25) is 0 Å². The van der Waals surface area contributed by atoms with E-state index in [1.807, 2.05) is 0 Å². The summed E-state index contributed by atoms with van der Waals surface area (Å²) in [5, 5.41) is 9.15. The molecule has 0 radical (unpaired) electrons. The summed E-state index contributed by atoms with van der Waals surface area (Å²) in [6.07, 6.45) is 0. The van der Waals surface area contributed by atoms with E-state index < -0.39 is 0 Å². The van der Waals surface area contributed by atoms with Crippen LogP contribution in [0.25, 0.3) is 0 Å². The molecule has 1 aliphatic heterocycles. The van der Waals surface area contributed by atoms with E-state index in [0.29, 0.717) is 13.2 Å².